The van der Waals surface area contributed by atoms with Crippen molar-refractivity contribution in [2.45, 2.75) is 125 Å². The summed E-state index contributed by atoms with van der Waals surface area (Å²) in [7, 11) is 0. The Labute approximate surface area is 337 Å². The fraction of sp³-hybridized carbons (Fsp3) is 0.488. The number of nitrogens with two attached hydrogens (primary N) is 1. The van der Waals surface area contributed by atoms with E-state index in [0.717, 1.165) is 0 Å². The Morgan fingerprint density at radius 2 is 1.55 bits per heavy atom. The average molecular weight is 809 g/mol. The van der Waals surface area contributed by atoms with Gasteiger partial charge in [0.15, 0.2) is 12.1 Å². The van der Waals surface area contributed by atoms with Crippen LogP contribution in [0.1, 0.15) is 46.0 Å². The summed E-state index contributed by atoms with van der Waals surface area (Å²) < 4.78 is 30.6. The van der Waals surface area contributed by atoms with Gasteiger partial charge in [-0.25, -0.2) is 4.79 Å². The van der Waals surface area contributed by atoms with Crippen LogP contribution in [0.5, 0.6) is 0 Å². The lowest BCUT2D eigenvalue weighted by Crippen LogP contribution is -2.61. The third kappa shape index (κ3) is 13.1. The molecule has 0 radical (unpaired) electrons. The molecule has 2 aromatic rings. The summed E-state index contributed by atoms with van der Waals surface area (Å²) in [6.07, 6.45) is 9.33. The zero-order valence-corrected chi connectivity index (χ0v) is 32.6. The van der Waals surface area contributed by atoms with Gasteiger partial charge in [0.1, 0.15) is 24.2 Å². The molecule has 4 aliphatic rings. The van der Waals surface area contributed by atoms with E-state index < -0.39 is 97.3 Å². The van der Waals surface area contributed by atoms with E-state index in [1.165, 1.54) is 17.8 Å². The summed E-state index contributed by atoms with van der Waals surface area (Å²) in [5.74, 6) is -5.45. The van der Waals surface area contributed by atoms with Crippen molar-refractivity contribution in [3.8, 4) is 5.69 Å². The number of rotatable bonds is 4. The number of aliphatic hydroxyl groups is 5. The first kappa shape index (κ1) is 44.8. The summed E-state index contributed by atoms with van der Waals surface area (Å²) in [6.45, 7) is 3.34. The average Bonchev–Trinajstić information content (AvgIpc) is 3.65. The van der Waals surface area contributed by atoms with Crippen LogP contribution in [0.3, 0.4) is 0 Å². The molecule has 15 nitrogen and oxygen atoms in total. The zero-order valence-electron chi connectivity index (χ0n) is 32.6. The van der Waals surface area contributed by atoms with Crippen LogP contribution in [0.4, 0.5) is 0 Å². The number of benzene rings is 1. The quantitative estimate of drug-likeness (QED) is 0.174. The normalized spacial score (nSPS) is 40.1. The largest absolute Gasteiger partial charge is 0.481 e. The molecule has 14 atom stereocenters. The number of ether oxygens (including phenoxy) is 5. The number of nitrogens with zero attached hydrogens (tertiary/aromatic N) is 1. The predicted octanol–water partition coefficient (Wildman–Crippen LogP) is 2.60. The summed E-state index contributed by atoms with van der Waals surface area (Å²) in [6, 6.07) is 13.2. The van der Waals surface area contributed by atoms with Crippen molar-refractivity contribution < 1.29 is 63.9 Å². The highest BCUT2D eigenvalue weighted by Gasteiger charge is 2.51. The molecule has 1 aromatic heterocycles. The molecule has 0 amide bonds. The first-order valence-corrected chi connectivity index (χ1v) is 19.5. The Kier molecular flexibility index (Phi) is 16.3. The van der Waals surface area contributed by atoms with Crippen molar-refractivity contribution in [3.63, 3.8) is 0 Å². The standard InChI is InChI=1S/C33H47NO13.C10H9N/c1-18-10-8-6-4-3-5-7-9-11-21(45-32-30(39)28(34)29(38)19(2)44-32)15-25-27(31(40)41)22(36)17-33(42,47-25)16-20(35)14-24-23(46-24)12-13-26(37)43-18;1-2-6-10(7-3-1)11-8-4-5-9-11/h3-9,11-13,18-25,27-30,32,35-36,38-39,42H,10,14-17,34H2,1-2H3,(H,40,41);1-9H/b4-3+,7-5+,8-6+,11-9+,13-12+;/t18-,19-,20+,21+,22+,23-,24-,25+,27-,28+,29-,30+,32+,33-;/m1./s1. The summed E-state index contributed by atoms with van der Waals surface area (Å²) in [5.41, 5.74) is 7.18. The van der Waals surface area contributed by atoms with Crippen LogP contribution in [0.25, 0.3) is 5.69 Å². The fourth-order valence-corrected chi connectivity index (χ4v) is 7.11. The zero-order chi connectivity index (χ0) is 41.8. The SMILES string of the molecule is C[C@@H]1C/C=C/C=C/C=C/C=C/[C@H](O[C@@H]2O[C@H](C)[C@@H](O)[C@H](N)[C@@H]2O)C[C@@H]2O[C@](O)(C[C@@H](O)C[C@H]3O[C@@H]3/C=C/C(=O)O1)C[C@H](O)[C@H]2C(=O)O.c1ccc(-n2cccc2)cc1. The fourth-order valence-electron chi connectivity index (χ4n) is 7.11. The molecule has 15 heteroatoms. The van der Waals surface area contributed by atoms with Crippen LogP contribution in [-0.2, 0) is 33.3 Å². The number of carbonyl (C=O) groups is 2. The Hall–Kier alpha value is -4.26. The van der Waals surface area contributed by atoms with Crippen molar-refractivity contribution in [2.75, 3.05) is 0 Å². The minimum atomic E-state index is -2.10. The summed E-state index contributed by atoms with van der Waals surface area (Å²) in [4.78, 5) is 24.4. The van der Waals surface area contributed by atoms with Crippen LogP contribution in [-0.4, -0.2) is 126 Å². The van der Waals surface area contributed by atoms with Gasteiger partial charge in [-0.3, -0.25) is 4.79 Å². The number of aliphatic carboxylic acids is 1. The molecule has 58 heavy (non-hydrogen) atoms. The van der Waals surface area contributed by atoms with E-state index in [0.29, 0.717) is 6.42 Å². The van der Waals surface area contributed by atoms with Gasteiger partial charge in [-0.15, -0.1) is 0 Å². The maximum atomic E-state index is 12.3. The minimum Gasteiger partial charge on any atom is -0.481 e. The molecular weight excluding hydrogens is 752 g/mol. The van der Waals surface area contributed by atoms with Gasteiger partial charge >= 0.3 is 11.9 Å². The lowest BCUT2D eigenvalue weighted by atomic mass is 9.83. The molecule has 3 saturated heterocycles. The lowest BCUT2D eigenvalue weighted by Gasteiger charge is -2.45. The Balaban J connectivity index is 0.000000496. The Bertz CT molecular complexity index is 1750. The molecule has 316 valence electrons. The first-order valence-electron chi connectivity index (χ1n) is 19.5. The van der Waals surface area contributed by atoms with Gasteiger partial charge in [0.05, 0.1) is 48.8 Å². The van der Waals surface area contributed by atoms with Crippen LogP contribution >= 0.6 is 0 Å². The van der Waals surface area contributed by atoms with Gasteiger partial charge in [-0.05, 0) is 44.2 Å². The lowest BCUT2D eigenvalue weighted by molar-refractivity contribution is -0.308. The third-order valence-electron chi connectivity index (χ3n) is 10.2. The van der Waals surface area contributed by atoms with E-state index in [9.17, 15) is 40.2 Å². The minimum absolute atomic E-state index is 0.0789. The van der Waals surface area contributed by atoms with Crippen molar-refractivity contribution in [3.05, 3.63) is 116 Å². The number of cyclic esters (lactones) is 1. The van der Waals surface area contributed by atoms with Crippen molar-refractivity contribution in [1.29, 1.82) is 0 Å². The molecule has 0 saturated carbocycles. The van der Waals surface area contributed by atoms with Gasteiger partial charge in [-0.1, -0.05) is 66.8 Å². The van der Waals surface area contributed by atoms with E-state index in [-0.39, 0.29) is 25.4 Å². The van der Waals surface area contributed by atoms with Gasteiger partial charge < -0.3 is 64.6 Å². The van der Waals surface area contributed by atoms with E-state index in [4.69, 9.17) is 29.4 Å². The highest BCUT2D eigenvalue weighted by Crippen LogP contribution is 2.39. The molecule has 8 N–H and O–H groups in total. The number of epoxide rings is 1. The summed E-state index contributed by atoms with van der Waals surface area (Å²) >= 11 is 0. The first-order chi connectivity index (χ1) is 27.7. The van der Waals surface area contributed by atoms with E-state index in [2.05, 4.69) is 16.7 Å². The molecule has 0 aliphatic carbocycles. The number of fused-ring (bicyclic) bond motifs is 3. The molecule has 0 unspecified atom stereocenters. The number of aromatic nitrogens is 1. The van der Waals surface area contributed by atoms with Gasteiger partial charge in [0.25, 0.3) is 0 Å². The van der Waals surface area contributed by atoms with E-state index in [1.807, 2.05) is 48.8 Å². The molecule has 2 bridgehead atoms. The number of esters is 1. The third-order valence-corrected chi connectivity index (χ3v) is 10.2. The van der Waals surface area contributed by atoms with Gasteiger partial charge in [0, 0.05) is 56.3 Å². The molecule has 1 aromatic carbocycles. The number of hydrogen-bond acceptors (Lipinski definition) is 13. The number of aliphatic hydroxyl groups excluding tert-OH is 4. The van der Waals surface area contributed by atoms with Crippen LogP contribution in [0.2, 0.25) is 0 Å². The number of allylic oxidation sites excluding steroid dienone is 6. The van der Waals surface area contributed by atoms with Crippen molar-refractivity contribution in [2.24, 2.45) is 11.7 Å². The Morgan fingerprint density at radius 1 is 0.862 bits per heavy atom. The molecule has 4 aliphatic heterocycles. The molecule has 3 fully saturated rings. The highest BCUT2D eigenvalue weighted by molar-refractivity contribution is 5.82. The maximum Gasteiger partial charge on any atom is 0.330 e. The number of carbonyl (C=O) groups excluding carboxylic acids is 1. The smallest absolute Gasteiger partial charge is 0.330 e. The second-order valence-corrected chi connectivity index (χ2v) is 15.0. The summed E-state index contributed by atoms with van der Waals surface area (Å²) in [5, 5.41) is 63.9. The van der Waals surface area contributed by atoms with Crippen molar-refractivity contribution in [1.82, 2.24) is 4.57 Å². The molecule has 6 rings (SSSR count). The predicted molar refractivity (Wildman–Crippen MR) is 211 cm³/mol. The monoisotopic (exact) mass is 808 g/mol. The van der Waals surface area contributed by atoms with Crippen LogP contribution < -0.4 is 5.73 Å². The van der Waals surface area contributed by atoms with Crippen LogP contribution in [0.15, 0.2) is 116 Å². The van der Waals surface area contributed by atoms with E-state index in [1.54, 1.807) is 56.4 Å². The van der Waals surface area contributed by atoms with Gasteiger partial charge in [-0.2, -0.15) is 0 Å². The topological polar surface area (TPSA) is 236 Å². The Morgan fingerprint density at radius 3 is 2.26 bits per heavy atom. The van der Waals surface area contributed by atoms with Crippen LogP contribution in [0, 0.1) is 5.92 Å². The highest BCUT2D eigenvalue weighted by atomic mass is 16.7. The number of hydrogen-bond donors (Lipinski definition) is 7. The molecular formula is C43H56N2O13. The molecule has 5 heterocycles. The maximum absolute atomic E-state index is 12.3. The second-order valence-electron chi connectivity index (χ2n) is 15.0. The van der Waals surface area contributed by atoms with Gasteiger partial charge in [0.2, 0.25) is 0 Å². The second kappa shape index (κ2) is 21.1. The molecule has 0 spiro atoms. The van der Waals surface area contributed by atoms with Crippen molar-refractivity contribution >= 4 is 11.9 Å². The van der Waals surface area contributed by atoms with E-state index >= 15 is 0 Å². The number of para-hydroxylation sites is 1. The number of carboxylic acid groups (broad SMARTS) is 1. The number of carboxylic acids is 1.